The highest BCUT2D eigenvalue weighted by Gasteiger charge is 2.14. The Balaban J connectivity index is 1.81. The molecule has 0 radical (unpaired) electrons. The Morgan fingerprint density at radius 1 is 1.00 bits per heavy atom. The van der Waals surface area contributed by atoms with Gasteiger partial charge in [0.2, 0.25) is 0 Å². The number of anilines is 1. The van der Waals surface area contributed by atoms with E-state index in [2.05, 4.69) is 15.0 Å². The minimum absolute atomic E-state index is 0.164. The molecule has 0 aliphatic carbocycles. The van der Waals surface area contributed by atoms with Crippen LogP contribution in [-0.4, -0.2) is 23.2 Å². The lowest BCUT2D eigenvalue weighted by atomic mass is 10.2. The van der Waals surface area contributed by atoms with Gasteiger partial charge in [-0.1, -0.05) is 18.2 Å². The van der Waals surface area contributed by atoms with Gasteiger partial charge in [0, 0.05) is 23.7 Å². The van der Waals surface area contributed by atoms with Crippen molar-refractivity contribution in [2.45, 2.75) is 0 Å². The molecule has 0 aliphatic heterocycles. The van der Waals surface area contributed by atoms with Gasteiger partial charge in [0.25, 0.3) is 11.8 Å². The molecule has 0 unspecified atom stereocenters. The summed E-state index contributed by atoms with van der Waals surface area (Å²) < 4.78 is 5.19. The Morgan fingerprint density at radius 2 is 1.73 bits per heavy atom. The lowest BCUT2D eigenvalue weighted by Crippen LogP contribution is -2.18. The van der Waals surface area contributed by atoms with Crippen LogP contribution >= 0.6 is 11.5 Å². The number of nitrogens with one attached hydrogen (secondary N) is 2. The summed E-state index contributed by atoms with van der Waals surface area (Å²) in [6.45, 7) is 0. The molecule has 6 heteroatoms. The van der Waals surface area contributed by atoms with E-state index in [1.165, 1.54) is 11.5 Å². The number of hydrogen-bond donors (Lipinski definition) is 2. The third-order valence-electron chi connectivity index (χ3n) is 3.22. The topological polar surface area (TPSA) is 71.1 Å². The van der Waals surface area contributed by atoms with Crippen LogP contribution in [0.1, 0.15) is 20.8 Å². The van der Waals surface area contributed by atoms with E-state index in [1.54, 1.807) is 31.3 Å². The molecule has 3 rings (SSSR count). The van der Waals surface area contributed by atoms with Crippen molar-refractivity contribution < 1.29 is 9.59 Å². The summed E-state index contributed by atoms with van der Waals surface area (Å²) in [7, 11) is 1.57. The second-order valence-electron chi connectivity index (χ2n) is 4.64. The van der Waals surface area contributed by atoms with Crippen molar-refractivity contribution in [3.63, 3.8) is 0 Å². The number of aromatic nitrogens is 1. The van der Waals surface area contributed by atoms with E-state index in [-0.39, 0.29) is 11.8 Å². The Bertz CT molecular complexity index is 840. The Kier molecular flexibility index (Phi) is 3.84. The monoisotopic (exact) mass is 311 g/mol. The van der Waals surface area contributed by atoms with Crippen molar-refractivity contribution in [1.82, 2.24) is 9.69 Å². The van der Waals surface area contributed by atoms with E-state index in [4.69, 9.17) is 0 Å². The summed E-state index contributed by atoms with van der Waals surface area (Å²) in [5.41, 5.74) is 1.57. The third-order valence-corrected chi connectivity index (χ3v) is 4.05. The smallest absolute Gasteiger partial charge is 0.276 e. The highest BCUT2D eigenvalue weighted by molar-refractivity contribution is 7.13. The first kappa shape index (κ1) is 14.2. The minimum atomic E-state index is -0.259. The van der Waals surface area contributed by atoms with Gasteiger partial charge < -0.3 is 10.6 Å². The number of fused-ring (bicyclic) bond motifs is 1. The van der Waals surface area contributed by atoms with Gasteiger partial charge in [-0.15, -0.1) is 0 Å². The van der Waals surface area contributed by atoms with Crippen LogP contribution in [0.15, 0.2) is 48.5 Å². The molecule has 1 heterocycles. The summed E-state index contributed by atoms with van der Waals surface area (Å²) in [5.74, 6) is -0.423. The average molecular weight is 311 g/mol. The molecule has 3 aromatic rings. The highest BCUT2D eigenvalue weighted by Crippen LogP contribution is 2.23. The molecule has 0 aliphatic rings. The maximum absolute atomic E-state index is 12.3. The largest absolute Gasteiger partial charge is 0.355 e. The zero-order valence-electron chi connectivity index (χ0n) is 11.8. The average Bonchev–Trinajstić information content (AvgIpc) is 2.99. The van der Waals surface area contributed by atoms with E-state index in [0.717, 1.165) is 10.1 Å². The lowest BCUT2D eigenvalue weighted by Gasteiger charge is -2.05. The quantitative estimate of drug-likeness (QED) is 0.781. The van der Waals surface area contributed by atoms with Crippen molar-refractivity contribution in [3.8, 4) is 0 Å². The predicted octanol–water partition coefficient (Wildman–Crippen LogP) is 2.91. The molecule has 2 aromatic carbocycles. The van der Waals surface area contributed by atoms with Crippen LogP contribution in [0, 0.1) is 0 Å². The normalized spacial score (nSPS) is 10.4. The Morgan fingerprint density at radius 3 is 2.45 bits per heavy atom. The number of rotatable bonds is 3. The third kappa shape index (κ3) is 2.68. The number of carbonyl (C=O) groups is 2. The van der Waals surface area contributed by atoms with Crippen LogP contribution in [0.5, 0.6) is 0 Å². The molecule has 0 saturated carbocycles. The number of nitrogens with zero attached hydrogens (tertiary/aromatic N) is 1. The Hall–Kier alpha value is -2.73. The van der Waals surface area contributed by atoms with E-state index >= 15 is 0 Å². The minimum Gasteiger partial charge on any atom is -0.355 e. The number of hydrogen-bond acceptors (Lipinski definition) is 4. The first-order valence-corrected chi connectivity index (χ1v) is 7.44. The zero-order chi connectivity index (χ0) is 15.5. The number of amides is 2. The molecule has 0 saturated heterocycles. The van der Waals surface area contributed by atoms with Crippen LogP contribution < -0.4 is 10.6 Å². The van der Waals surface area contributed by atoms with E-state index in [9.17, 15) is 9.59 Å². The molecule has 5 nitrogen and oxygen atoms in total. The van der Waals surface area contributed by atoms with Crippen molar-refractivity contribution >= 4 is 39.1 Å². The fourth-order valence-electron chi connectivity index (χ4n) is 2.09. The summed E-state index contributed by atoms with van der Waals surface area (Å²) in [4.78, 5) is 23.8. The van der Waals surface area contributed by atoms with Crippen molar-refractivity contribution in [2.24, 2.45) is 0 Å². The van der Waals surface area contributed by atoms with Gasteiger partial charge in [-0.25, -0.2) is 0 Å². The predicted molar refractivity (Wildman–Crippen MR) is 87.4 cm³/mol. The van der Waals surface area contributed by atoms with Gasteiger partial charge in [-0.2, -0.15) is 4.37 Å². The molecule has 2 amide bonds. The van der Waals surface area contributed by atoms with E-state index in [1.807, 2.05) is 24.3 Å². The molecule has 110 valence electrons. The second kappa shape index (κ2) is 5.95. The van der Waals surface area contributed by atoms with Gasteiger partial charge in [0.15, 0.2) is 0 Å². The van der Waals surface area contributed by atoms with Crippen LogP contribution in [-0.2, 0) is 0 Å². The number of benzene rings is 2. The van der Waals surface area contributed by atoms with Crippen LogP contribution in [0.25, 0.3) is 10.1 Å². The van der Waals surface area contributed by atoms with Gasteiger partial charge in [-0.05, 0) is 41.9 Å². The maximum atomic E-state index is 12.3. The number of carbonyl (C=O) groups excluding carboxylic acids is 2. The second-order valence-corrected chi connectivity index (χ2v) is 5.44. The summed E-state index contributed by atoms with van der Waals surface area (Å²) in [6, 6.07) is 14.3. The van der Waals surface area contributed by atoms with Crippen molar-refractivity contribution in [3.05, 3.63) is 59.8 Å². The van der Waals surface area contributed by atoms with E-state index in [0.29, 0.717) is 16.9 Å². The fraction of sp³-hybridized carbons (Fsp3) is 0.0625. The lowest BCUT2D eigenvalue weighted by molar-refractivity contribution is 0.0962. The van der Waals surface area contributed by atoms with Gasteiger partial charge in [0.1, 0.15) is 5.69 Å². The SMILES string of the molecule is CNC(=O)c1ccc(NC(=O)c2nsc3ccccc23)cc1. The van der Waals surface area contributed by atoms with Crippen LogP contribution in [0.3, 0.4) is 0 Å². The Labute approximate surface area is 131 Å². The molecule has 0 spiro atoms. The molecular weight excluding hydrogens is 298 g/mol. The molecule has 0 atom stereocenters. The highest BCUT2D eigenvalue weighted by atomic mass is 32.1. The van der Waals surface area contributed by atoms with Crippen LogP contribution in [0.2, 0.25) is 0 Å². The molecule has 2 N–H and O–H groups in total. The van der Waals surface area contributed by atoms with E-state index < -0.39 is 0 Å². The van der Waals surface area contributed by atoms with Gasteiger partial charge >= 0.3 is 0 Å². The molecule has 1 aromatic heterocycles. The zero-order valence-corrected chi connectivity index (χ0v) is 12.6. The molecule has 0 fully saturated rings. The molecular formula is C16H13N3O2S. The van der Waals surface area contributed by atoms with Gasteiger partial charge in [0.05, 0.1) is 4.70 Å². The first-order valence-electron chi connectivity index (χ1n) is 6.67. The molecule has 22 heavy (non-hydrogen) atoms. The standard InChI is InChI=1S/C16H13N3O2S/c1-17-15(20)10-6-8-11(9-7-10)18-16(21)14-12-4-2-3-5-13(12)22-19-14/h2-9H,1H3,(H,17,20)(H,18,21). The van der Waals surface area contributed by atoms with Crippen molar-refractivity contribution in [2.75, 3.05) is 12.4 Å². The first-order chi connectivity index (χ1) is 10.7. The van der Waals surface area contributed by atoms with Crippen molar-refractivity contribution in [1.29, 1.82) is 0 Å². The fourth-order valence-corrected chi connectivity index (χ4v) is 2.86. The van der Waals surface area contributed by atoms with Gasteiger partial charge in [-0.3, -0.25) is 9.59 Å². The summed E-state index contributed by atoms with van der Waals surface area (Å²) in [6.07, 6.45) is 0. The van der Waals surface area contributed by atoms with Crippen LogP contribution in [0.4, 0.5) is 5.69 Å². The molecule has 0 bridgehead atoms. The summed E-state index contributed by atoms with van der Waals surface area (Å²) in [5, 5.41) is 6.18. The maximum Gasteiger partial charge on any atom is 0.276 e. The summed E-state index contributed by atoms with van der Waals surface area (Å²) >= 11 is 1.30.